The van der Waals surface area contributed by atoms with E-state index >= 15 is 0 Å². The number of aromatic nitrogens is 2. The molecule has 0 saturated carbocycles. The van der Waals surface area contributed by atoms with Crippen LogP contribution in [0.15, 0.2) is 5.38 Å². The quantitative estimate of drug-likeness (QED) is 0.776. The van der Waals surface area contributed by atoms with E-state index < -0.39 is 0 Å². The van der Waals surface area contributed by atoms with Gasteiger partial charge in [0.1, 0.15) is 0 Å². The molecule has 8 heteroatoms. The molecule has 0 radical (unpaired) electrons. The highest BCUT2D eigenvalue weighted by atomic mass is 32.1. The van der Waals surface area contributed by atoms with E-state index in [4.69, 9.17) is 0 Å². The van der Waals surface area contributed by atoms with Gasteiger partial charge in [0.15, 0.2) is 5.69 Å². The zero-order chi connectivity index (χ0) is 13.7. The fourth-order valence-corrected chi connectivity index (χ4v) is 2.48. The summed E-state index contributed by atoms with van der Waals surface area (Å²) in [5.41, 5.74) is 0.373. The maximum absolute atomic E-state index is 11.8. The van der Waals surface area contributed by atoms with Gasteiger partial charge in [-0.1, -0.05) is 4.49 Å². The number of rotatable bonds is 4. The van der Waals surface area contributed by atoms with Crippen molar-refractivity contribution in [2.24, 2.45) is 0 Å². The molecule has 7 nitrogen and oxygen atoms in total. The van der Waals surface area contributed by atoms with Crippen LogP contribution in [0.2, 0.25) is 0 Å². The van der Waals surface area contributed by atoms with Crippen molar-refractivity contribution in [1.82, 2.24) is 25.1 Å². The van der Waals surface area contributed by atoms with Crippen molar-refractivity contribution in [3.8, 4) is 0 Å². The smallest absolute Gasteiger partial charge is 0.272 e. The molecule has 0 unspecified atom stereocenters. The van der Waals surface area contributed by atoms with Gasteiger partial charge in [0.25, 0.3) is 5.91 Å². The topological polar surface area (TPSA) is 87.2 Å². The average Bonchev–Trinajstić information content (AvgIpc) is 2.95. The van der Waals surface area contributed by atoms with Gasteiger partial charge in [0.2, 0.25) is 5.91 Å². The molecule has 1 saturated heterocycles. The third-order valence-electron chi connectivity index (χ3n) is 3.16. The minimum absolute atomic E-state index is 0.0241. The van der Waals surface area contributed by atoms with Gasteiger partial charge in [-0.05, 0) is 24.4 Å². The Kier molecular flexibility index (Phi) is 4.80. The number of hydrogen-bond donors (Lipinski definition) is 2. The molecule has 0 atom stereocenters. The minimum Gasteiger partial charge on any atom is -0.358 e. The molecule has 104 valence electrons. The van der Waals surface area contributed by atoms with Crippen LogP contribution >= 0.6 is 11.5 Å². The number of amides is 2. The zero-order valence-electron chi connectivity index (χ0n) is 10.8. The van der Waals surface area contributed by atoms with Gasteiger partial charge in [-0.25, -0.2) is 0 Å². The minimum atomic E-state index is -0.168. The van der Waals surface area contributed by atoms with Crippen molar-refractivity contribution in [2.75, 3.05) is 26.7 Å². The lowest BCUT2D eigenvalue weighted by Crippen LogP contribution is -2.47. The van der Waals surface area contributed by atoms with Gasteiger partial charge < -0.3 is 10.6 Å². The molecule has 2 heterocycles. The maximum Gasteiger partial charge on any atom is 0.272 e. The monoisotopic (exact) mass is 283 g/mol. The van der Waals surface area contributed by atoms with Crippen molar-refractivity contribution in [1.29, 1.82) is 0 Å². The summed E-state index contributed by atoms with van der Waals surface area (Å²) in [6.07, 6.45) is 1.70. The standard InChI is InChI=1S/C11H17N5O2S/c1-12-10(17)6-16-4-2-8(3-5-16)13-11(18)9-7-19-15-14-9/h7-8H,2-6H2,1H3,(H,12,17)(H,13,18). The Balaban J connectivity index is 1.74. The van der Waals surface area contributed by atoms with Gasteiger partial charge in [0, 0.05) is 31.6 Å². The third kappa shape index (κ3) is 3.97. The van der Waals surface area contributed by atoms with Crippen LogP contribution in [0.4, 0.5) is 0 Å². The molecule has 1 aliphatic rings. The number of hydrogen-bond acceptors (Lipinski definition) is 6. The van der Waals surface area contributed by atoms with Crippen molar-refractivity contribution in [2.45, 2.75) is 18.9 Å². The van der Waals surface area contributed by atoms with Crippen LogP contribution in [0, 0.1) is 0 Å². The molecule has 1 aliphatic heterocycles. The molecule has 19 heavy (non-hydrogen) atoms. The Morgan fingerprint density at radius 2 is 2.21 bits per heavy atom. The highest BCUT2D eigenvalue weighted by molar-refractivity contribution is 7.03. The Morgan fingerprint density at radius 1 is 1.47 bits per heavy atom. The lowest BCUT2D eigenvalue weighted by atomic mass is 10.0. The molecule has 1 aromatic heterocycles. The van der Waals surface area contributed by atoms with Crippen LogP contribution in [0.25, 0.3) is 0 Å². The van der Waals surface area contributed by atoms with Crippen molar-refractivity contribution in [3.05, 3.63) is 11.1 Å². The molecule has 0 aliphatic carbocycles. The van der Waals surface area contributed by atoms with E-state index in [2.05, 4.69) is 25.1 Å². The summed E-state index contributed by atoms with van der Waals surface area (Å²) < 4.78 is 3.67. The van der Waals surface area contributed by atoms with Crippen LogP contribution in [0.3, 0.4) is 0 Å². The zero-order valence-corrected chi connectivity index (χ0v) is 11.6. The first kappa shape index (κ1) is 13.9. The van der Waals surface area contributed by atoms with Crippen molar-refractivity contribution in [3.63, 3.8) is 0 Å². The summed E-state index contributed by atoms with van der Waals surface area (Å²) in [5.74, 6) is -0.144. The first-order valence-corrected chi connectivity index (χ1v) is 7.03. The Hall–Kier alpha value is -1.54. The highest BCUT2D eigenvalue weighted by Crippen LogP contribution is 2.10. The fourth-order valence-electron chi connectivity index (χ4n) is 2.04. The highest BCUT2D eigenvalue weighted by Gasteiger charge is 2.22. The third-order valence-corrected chi connectivity index (χ3v) is 3.67. The van der Waals surface area contributed by atoms with Crippen LogP contribution in [-0.2, 0) is 4.79 Å². The molecule has 0 spiro atoms. The summed E-state index contributed by atoms with van der Waals surface area (Å²) in [4.78, 5) is 25.1. The van der Waals surface area contributed by atoms with Crippen LogP contribution < -0.4 is 10.6 Å². The first-order valence-electron chi connectivity index (χ1n) is 6.20. The van der Waals surface area contributed by atoms with E-state index in [-0.39, 0.29) is 17.9 Å². The molecule has 0 bridgehead atoms. The summed E-state index contributed by atoms with van der Waals surface area (Å²) in [7, 11) is 1.64. The van der Waals surface area contributed by atoms with Gasteiger partial charge in [0.05, 0.1) is 6.54 Å². The number of carbonyl (C=O) groups excluding carboxylic acids is 2. The predicted molar refractivity (Wildman–Crippen MR) is 70.9 cm³/mol. The number of nitrogens with one attached hydrogen (secondary N) is 2. The van der Waals surface area contributed by atoms with Crippen LogP contribution in [0.1, 0.15) is 23.3 Å². The van der Waals surface area contributed by atoms with E-state index in [0.717, 1.165) is 25.9 Å². The second-order valence-corrected chi connectivity index (χ2v) is 5.10. The molecule has 1 fully saturated rings. The maximum atomic E-state index is 11.8. The average molecular weight is 283 g/mol. The second-order valence-electron chi connectivity index (χ2n) is 4.49. The SMILES string of the molecule is CNC(=O)CN1CCC(NC(=O)c2csnn2)CC1. The molecule has 2 rings (SSSR count). The summed E-state index contributed by atoms with van der Waals surface area (Å²) in [5, 5.41) is 10.9. The summed E-state index contributed by atoms with van der Waals surface area (Å²) in [6, 6.07) is 0.148. The molecule has 0 aromatic carbocycles. The van der Waals surface area contributed by atoms with Gasteiger partial charge in [-0.2, -0.15) is 0 Å². The summed E-state index contributed by atoms with van der Waals surface area (Å²) in [6.45, 7) is 2.05. The molecule has 2 N–H and O–H groups in total. The number of likely N-dealkylation sites (tertiary alicyclic amines) is 1. The summed E-state index contributed by atoms with van der Waals surface area (Å²) >= 11 is 1.17. The predicted octanol–water partition coefficient (Wildman–Crippen LogP) is -0.522. The number of carbonyl (C=O) groups is 2. The van der Waals surface area contributed by atoms with Gasteiger partial charge >= 0.3 is 0 Å². The first-order chi connectivity index (χ1) is 9.19. The van der Waals surface area contributed by atoms with E-state index in [1.54, 1.807) is 12.4 Å². The number of nitrogens with zero attached hydrogens (tertiary/aromatic N) is 3. The van der Waals surface area contributed by atoms with Crippen molar-refractivity contribution < 1.29 is 9.59 Å². The van der Waals surface area contributed by atoms with E-state index in [1.807, 2.05) is 0 Å². The van der Waals surface area contributed by atoms with Crippen LogP contribution in [0.5, 0.6) is 0 Å². The number of likely N-dealkylation sites (N-methyl/N-ethyl adjacent to an activating group) is 1. The normalized spacial score (nSPS) is 17.1. The van der Waals surface area contributed by atoms with E-state index in [9.17, 15) is 9.59 Å². The van der Waals surface area contributed by atoms with Gasteiger partial charge in [-0.15, -0.1) is 5.10 Å². The Morgan fingerprint density at radius 3 is 2.79 bits per heavy atom. The molecule has 1 aromatic rings. The lowest BCUT2D eigenvalue weighted by Gasteiger charge is -2.31. The number of piperidine rings is 1. The largest absolute Gasteiger partial charge is 0.358 e. The molecule has 2 amide bonds. The van der Waals surface area contributed by atoms with E-state index in [0.29, 0.717) is 12.2 Å². The van der Waals surface area contributed by atoms with Crippen molar-refractivity contribution >= 4 is 23.3 Å². The Bertz CT molecular complexity index is 428. The van der Waals surface area contributed by atoms with Crippen LogP contribution in [-0.4, -0.2) is 59.0 Å². The Labute approximate surface area is 115 Å². The van der Waals surface area contributed by atoms with E-state index in [1.165, 1.54) is 11.5 Å². The lowest BCUT2D eigenvalue weighted by molar-refractivity contribution is -0.122. The fraction of sp³-hybridized carbons (Fsp3) is 0.636. The molecular formula is C11H17N5O2S. The second kappa shape index (κ2) is 6.58. The molecular weight excluding hydrogens is 266 g/mol. The van der Waals surface area contributed by atoms with Gasteiger partial charge in [-0.3, -0.25) is 14.5 Å².